The topological polar surface area (TPSA) is 55.1 Å². The zero-order chi connectivity index (χ0) is 14.9. The Kier molecular flexibility index (Phi) is 4.39. The third-order valence-corrected chi connectivity index (χ3v) is 3.45. The maximum Gasteiger partial charge on any atom is 0.257 e. The van der Waals surface area contributed by atoms with Crippen molar-refractivity contribution in [2.75, 3.05) is 11.1 Å². The third kappa shape index (κ3) is 3.16. The lowest BCUT2D eigenvalue weighted by molar-refractivity contribution is 0.102. The first-order valence-corrected chi connectivity index (χ1v) is 6.98. The number of nitrogens with one attached hydrogen (secondary N) is 1. The second-order valence-corrected chi connectivity index (χ2v) is 5.76. The first-order chi connectivity index (χ1) is 9.38. The van der Waals surface area contributed by atoms with Gasteiger partial charge in [0.1, 0.15) is 5.69 Å². The van der Waals surface area contributed by atoms with Gasteiger partial charge in [0.15, 0.2) is 11.6 Å². The number of rotatable bonds is 2. The van der Waals surface area contributed by atoms with Crippen LogP contribution in [0.2, 0.25) is 0 Å². The molecular weight excluding hydrogens is 398 g/mol. The number of hydrogen-bond acceptors (Lipinski definition) is 2. The number of anilines is 2. The highest BCUT2D eigenvalue weighted by Crippen LogP contribution is 2.25. The maximum atomic E-state index is 13.6. The van der Waals surface area contributed by atoms with E-state index in [9.17, 15) is 13.6 Å². The number of hydrogen-bond donors (Lipinski definition) is 2. The lowest BCUT2D eigenvalue weighted by atomic mass is 10.1. The first kappa shape index (κ1) is 14.9. The average molecular weight is 406 g/mol. The number of benzene rings is 2. The smallest absolute Gasteiger partial charge is 0.257 e. The molecule has 1 amide bonds. The van der Waals surface area contributed by atoms with Crippen LogP contribution in [0.3, 0.4) is 0 Å². The maximum absolute atomic E-state index is 13.6. The van der Waals surface area contributed by atoms with Crippen LogP contribution in [0.15, 0.2) is 39.3 Å². The van der Waals surface area contributed by atoms with Crippen molar-refractivity contribution in [2.45, 2.75) is 0 Å². The monoisotopic (exact) mass is 404 g/mol. The second kappa shape index (κ2) is 5.88. The largest absolute Gasteiger partial charge is 0.398 e. The highest BCUT2D eigenvalue weighted by atomic mass is 79.9. The van der Waals surface area contributed by atoms with E-state index in [0.717, 1.165) is 12.1 Å². The van der Waals surface area contributed by atoms with Crippen LogP contribution in [0.4, 0.5) is 20.2 Å². The van der Waals surface area contributed by atoms with Crippen LogP contribution in [-0.2, 0) is 0 Å². The zero-order valence-corrected chi connectivity index (χ0v) is 13.1. The Balaban J connectivity index is 2.33. The van der Waals surface area contributed by atoms with Gasteiger partial charge in [-0.15, -0.1) is 0 Å². The summed E-state index contributed by atoms with van der Waals surface area (Å²) in [6.45, 7) is 0. The van der Waals surface area contributed by atoms with E-state index in [1.54, 1.807) is 6.07 Å². The number of nitrogen functional groups attached to an aromatic ring is 1. The van der Waals surface area contributed by atoms with Crippen molar-refractivity contribution < 1.29 is 13.6 Å². The molecule has 3 nitrogen and oxygen atoms in total. The Morgan fingerprint density at radius 2 is 1.65 bits per heavy atom. The summed E-state index contributed by atoms with van der Waals surface area (Å²) in [4.78, 5) is 12.0. The van der Waals surface area contributed by atoms with E-state index < -0.39 is 23.2 Å². The number of nitrogens with two attached hydrogens (primary N) is 1. The van der Waals surface area contributed by atoms with Gasteiger partial charge in [0.25, 0.3) is 5.91 Å². The molecule has 0 aliphatic heterocycles. The molecule has 104 valence electrons. The number of carbonyl (C=O) groups excluding carboxylic acids is 1. The Morgan fingerprint density at radius 3 is 2.20 bits per heavy atom. The van der Waals surface area contributed by atoms with Crippen molar-refractivity contribution in [3.8, 4) is 0 Å². The zero-order valence-electron chi connectivity index (χ0n) is 9.88. The van der Waals surface area contributed by atoms with Gasteiger partial charge in [-0.25, -0.2) is 8.78 Å². The number of carbonyl (C=O) groups is 1. The first-order valence-electron chi connectivity index (χ1n) is 5.39. The average Bonchev–Trinajstić information content (AvgIpc) is 2.33. The molecule has 2 aromatic rings. The molecule has 0 radical (unpaired) electrons. The molecule has 0 fully saturated rings. The molecule has 0 unspecified atom stereocenters. The lowest BCUT2D eigenvalue weighted by Gasteiger charge is -2.10. The summed E-state index contributed by atoms with van der Waals surface area (Å²) in [6, 6.07) is 6.72. The van der Waals surface area contributed by atoms with Crippen LogP contribution in [0, 0.1) is 11.6 Å². The second-order valence-electron chi connectivity index (χ2n) is 3.93. The minimum atomic E-state index is -0.874. The van der Waals surface area contributed by atoms with Crippen molar-refractivity contribution in [1.29, 1.82) is 0 Å². The summed E-state index contributed by atoms with van der Waals surface area (Å²) in [5.41, 5.74) is 5.51. The molecule has 7 heteroatoms. The summed E-state index contributed by atoms with van der Waals surface area (Å²) in [5, 5.41) is 2.18. The van der Waals surface area contributed by atoms with E-state index in [1.165, 1.54) is 12.1 Å². The molecule has 0 saturated heterocycles. The van der Waals surface area contributed by atoms with Crippen molar-refractivity contribution in [3.05, 3.63) is 56.5 Å². The SMILES string of the molecule is Nc1cc(Br)ccc1C(=O)Nc1c(F)cc(Br)cc1F. The molecule has 0 saturated carbocycles. The molecule has 0 heterocycles. The Bertz CT molecular complexity index is 669. The predicted octanol–water partition coefficient (Wildman–Crippen LogP) is 4.32. The highest BCUT2D eigenvalue weighted by Gasteiger charge is 2.16. The molecule has 0 aromatic heterocycles. The van der Waals surface area contributed by atoms with Crippen molar-refractivity contribution >= 4 is 49.1 Å². The quantitative estimate of drug-likeness (QED) is 0.731. The minimum Gasteiger partial charge on any atom is -0.398 e. The van der Waals surface area contributed by atoms with E-state index in [0.29, 0.717) is 4.47 Å². The van der Waals surface area contributed by atoms with Gasteiger partial charge in [-0.05, 0) is 30.3 Å². The minimum absolute atomic E-state index is 0.134. The van der Waals surface area contributed by atoms with Gasteiger partial charge in [-0.2, -0.15) is 0 Å². The van der Waals surface area contributed by atoms with E-state index >= 15 is 0 Å². The van der Waals surface area contributed by atoms with Crippen LogP contribution in [0.5, 0.6) is 0 Å². The summed E-state index contributed by atoms with van der Waals surface area (Å²) in [7, 11) is 0. The Labute approximate surface area is 130 Å². The molecule has 2 aromatic carbocycles. The van der Waals surface area contributed by atoms with Gasteiger partial charge in [0.2, 0.25) is 0 Å². The lowest BCUT2D eigenvalue weighted by Crippen LogP contribution is -2.16. The van der Waals surface area contributed by atoms with Gasteiger partial charge >= 0.3 is 0 Å². The molecule has 0 spiro atoms. The summed E-state index contributed by atoms with van der Waals surface area (Å²) in [6.07, 6.45) is 0. The fourth-order valence-electron chi connectivity index (χ4n) is 1.58. The van der Waals surface area contributed by atoms with Gasteiger partial charge in [0, 0.05) is 14.6 Å². The Hall–Kier alpha value is -1.47. The van der Waals surface area contributed by atoms with E-state index in [-0.39, 0.29) is 15.7 Å². The van der Waals surface area contributed by atoms with Gasteiger partial charge in [0.05, 0.1) is 5.56 Å². The van der Waals surface area contributed by atoms with Gasteiger partial charge in [-0.1, -0.05) is 31.9 Å². The molecular formula is C13H8Br2F2N2O. The predicted molar refractivity (Wildman–Crippen MR) is 80.6 cm³/mol. The number of halogens is 4. The summed E-state index contributed by atoms with van der Waals surface area (Å²) < 4.78 is 28.2. The van der Waals surface area contributed by atoms with Crippen molar-refractivity contribution in [1.82, 2.24) is 0 Å². The molecule has 20 heavy (non-hydrogen) atoms. The normalized spacial score (nSPS) is 10.4. The summed E-state index contributed by atoms with van der Waals surface area (Å²) >= 11 is 6.17. The molecule has 0 aliphatic carbocycles. The van der Waals surface area contributed by atoms with E-state index in [1.807, 2.05) is 0 Å². The van der Waals surface area contributed by atoms with Crippen LogP contribution in [0.25, 0.3) is 0 Å². The summed E-state index contributed by atoms with van der Waals surface area (Å²) in [5.74, 6) is -2.43. The van der Waals surface area contributed by atoms with E-state index in [2.05, 4.69) is 37.2 Å². The third-order valence-electron chi connectivity index (χ3n) is 2.50. The molecule has 2 rings (SSSR count). The molecule has 0 bridgehead atoms. The van der Waals surface area contributed by atoms with Gasteiger partial charge < -0.3 is 11.1 Å². The highest BCUT2D eigenvalue weighted by molar-refractivity contribution is 9.10. The standard InChI is InChI=1S/C13H8Br2F2N2O/c14-6-1-2-8(11(18)5-6)13(20)19-12-9(16)3-7(15)4-10(12)17/h1-5H,18H2,(H,19,20). The van der Waals surface area contributed by atoms with Crippen molar-refractivity contribution in [3.63, 3.8) is 0 Å². The number of amides is 1. The molecule has 0 aliphatic rings. The van der Waals surface area contributed by atoms with E-state index in [4.69, 9.17) is 5.73 Å². The van der Waals surface area contributed by atoms with Crippen LogP contribution < -0.4 is 11.1 Å². The van der Waals surface area contributed by atoms with Crippen LogP contribution in [0.1, 0.15) is 10.4 Å². The molecule has 3 N–H and O–H groups in total. The van der Waals surface area contributed by atoms with Crippen molar-refractivity contribution in [2.24, 2.45) is 0 Å². The molecule has 0 atom stereocenters. The van der Waals surface area contributed by atoms with Gasteiger partial charge in [-0.3, -0.25) is 4.79 Å². The fourth-order valence-corrected chi connectivity index (χ4v) is 2.36. The fraction of sp³-hybridized carbons (Fsp3) is 0. The van der Waals surface area contributed by atoms with Crippen LogP contribution in [-0.4, -0.2) is 5.91 Å². The Morgan fingerprint density at radius 1 is 1.05 bits per heavy atom. The van der Waals surface area contributed by atoms with Crippen LogP contribution >= 0.6 is 31.9 Å².